The second-order valence-electron chi connectivity index (χ2n) is 6.14. The van der Waals surface area contributed by atoms with Crippen molar-refractivity contribution in [2.24, 2.45) is 0 Å². The Bertz CT molecular complexity index is 832. The van der Waals surface area contributed by atoms with Gasteiger partial charge in [-0.1, -0.05) is 12.1 Å². The fraction of sp³-hybridized carbons (Fsp3) is 0.389. The van der Waals surface area contributed by atoms with Crippen molar-refractivity contribution in [3.05, 3.63) is 63.1 Å². The monoisotopic (exact) mass is 345 g/mol. The lowest BCUT2D eigenvalue weighted by molar-refractivity contribution is -0.138. The maximum absolute atomic E-state index is 13.1. The Labute approximate surface area is 144 Å². The number of hydrogen-bond acceptors (Lipinski definition) is 4. The number of hydrogen-bond donors (Lipinski definition) is 1. The number of nitrogens with zero attached hydrogens (tertiary/aromatic N) is 2. The number of ether oxygens (including phenoxy) is 1. The molecule has 1 aromatic heterocycles. The summed E-state index contributed by atoms with van der Waals surface area (Å²) in [7, 11) is 0. The number of rotatable bonds is 3. The lowest BCUT2D eigenvalue weighted by atomic mass is 10.1. The Balaban J connectivity index is 1.72. The molecule has 2 aromatic rings. The SMILES string of the molecule is Cc1nc(C)c(CC(=O)N2CCOC(c3ccc(F)cc3)C2)c(=O)[nH]1. The van der Waals surface area contributed by atoms with Gasteiger partial charge in [0.2, 0.25) is 5.91 Å². The van der Waals surface area contributed by atoms with Crippen LogP contribution in [0.5, 0.6) is 0 Å². The first-order chi connectivity index (χ1) is 11.9. The van der Waals surface area contributed by atoms with Gasteiger partial charge in [0.1, 0.15) is 17.7 Å². The maximum Gasteiger partial charge on any atom is 0.254 e. The standard InChI is InChI=1S/C18H20FN3O3/c1-11-15(18(24)21-12(2)20-11)9-17(23)22-7-8-25-16(10-22)13-3-5-14(19)6-4-13/h3-6,16H,7-10H2,1-2H3,(H,20,21,24). The van der Waals surface area contributed by atoms with Crippen LogP contribution in [0.4, 0.5) is 4.39 Å². The topological polar surface area (TPSA) is 75.3 Å². The molecule has 7 heteroatoms. The zero-order chi connectivity index (χ0) is 18.0. The Hall–Kier alpha value is -2.54. The molecule has 1 fully saturated rings. The van der Waals surface area contributed by atoms with Gasteiger partial charge in [0.15, 0.2) is 0 Å². The van der Waals surface area contributed by atoms with Crippen LogP contribution in [0.15, 0.2) is 29.1 Å². The van der Waals surface area contributed by atoms with Gasteiger partial charge in [-0.05, 0) is 31.5 Å². The van der Waals surface area contributed by atoms with E-state index in [9.17, 15) is 14.0 Å². The van der Waals surface area contributed by atoms with E-state index >= 15 is 0 Å². The maximum atomic E-state index is 13.1. The summed E-state index contributed by atoms with van der Waals surface area (Å²) >= 11 is 0. The normalized spacial score (nSPS) is 17.6. The quantitative estimate of drug-likeness (QED) is 0.918. The molecule has 0 saturated carbocycles. The van der Waals surface area contributed by atoms with Crippen molar-refractivity contribution < 1.29 is 13.9 Å². The van der Waals surface area contributed by atoms with Gasteiger partial charge < -0.3 is 14.6 Å². The number of nitrogens with one attached hydrogen (secondary N) is 1. The number of aromatic amines is 1. The third-order valence-electron chi connectivity index (χ3n) is 4.33. The molecule has 1 aromatic carbocycles. The summed E-state index contributed by atoms with van der Waals surface area (Å²) < 4.78 is 18.8. The van der Waals surface area contributed by atoms with Crippen LogP contribution < -0.4 is 5.56 Å². The van der Waals surface area contributed by atoms with Crippen LogP contribution in [0.25, 0.3) is 0 Å². The summed E-state index contributed by atoms with van der Waals surface area (Å²) in [4.78, 5) is 33.2. The molecule has 25 heavy (non-hydrogen) atoms. The minimum absolute atomic E-state index is 0.00455. The van der Waals surface area contributed by atoms with E-state index in [1.54, 1.807) is 30.9 Å². The minimum atomic E-state index is -0.311. The molecule has 1 unspecified atom stereocenters. The summed E-state index contributed by atoms with van der Waals surface area (Å²) in [5, 5.41) is 0. The van der Waals surface area contributed by atoms with E-state index in [1.807, 2.05) is 0 Å². The van der Waals surface area contributed by atoms with Gasteiger partial charge in [0.05, 0.1) is 19.6 Å². The third-order valence-corrected chi connectivity index (χ3v) is 4.33. The highest BCUT2D eigenvalue weighted by atomic mass is 19.1. The van der Waals surface area contributed by atoms with E-state index in [0.717, 1.165) is 5.56 Å². The molecule has 1 aliphatic rings. The Kier molecular flexibility index (Phi) is 4.94. The molecule has 132 valence electrons. The summed E-state index contributed by atoms with van der Waals surface area (Å²) in [6.07, 6.45) is -0.293. The molecule has 0 radical (unpaired) electrons. The van der Waals surface area contributed by atoms with Crippen LogP contribution in [0.2, 0.25) is 0 Å². The molecule has 2 heterocycles. The number of aryl methyl sites for hydroxylation is 2. The summed E-state index contributed by atoms with van der Waals surface area (Å²) in [5.74, 6) is 0.0742. The fourth-order valence-electron chi connectivity index (χ4n) is 2.98. The number of halogens is 1. The van der Waals surface area contributed by atoms with Gasteiger partial charge in [-0.25, -0.2) is 9.37 Å². The van der Waals surface area contributed by atoms with Crippen LogP contribution in [0, 0.1) is 19.7 Å². The number of benzene rings is 1. The number of amides is 1. The van der Waals surface area contributed by atoms with Gasteiger partial charge in [-0.15, -0.1) is 0 Å². The van der Waals surface area contributed by atoms with Crippen LogP contribution in [0.1, 0.15) is 28.7 Å². The van der Waals surface area contributed by atoms with Crippen molar-refractivity contribution in [2.75, 3.05) is 19.7 Å². The highest BCUT2D eigenvalue weighted by Crippen LogP contribution is 2.23. The molecule has 0 spiro atoms. The second-order valence-corrected chi connectivity index (χ2v) is 6.14. The molecule has 1 amide bonds. The Morgan fingerprint density at radius 3 is 2.76 bits per heavy atom. The van der Waals surface area contributed by atoms with E-state index in [2.05, 4.69) is 9.97 Å². The highest BCUT2D eigenvalue weighted by molar-refractivity contribution is 5.79. The summed E-state index contributed by atoms with van der Waals surface area (Å²) in [6, 6.07) is 6.07. The molecular formula is C18H20FN3O3. The first-order valence-electron chi connectivity index (χ1n) is 8.15. The van der Waals surface area contributed by atoms with E-state index in [0.29, 0.717) is 36.8 Å². The molecule has 1 N–H and O–H groups in total. The number of aromatic nitrogens is 2. The highest BCUT2D eigenvalue weighted by Gasteiger charge is 2.26. The molecule has 0 aliphatic carbocycles. The molecule has 6 nitrogen and oxygen atoms in total. The van der Waals surface area contributed by atoms with Gasteiger partial charge >= 0.3 is 0 Å². The fourth-order valence-corrected chi connectivity index (χ4v) is 2.98. The molecular weight excluding hydrogens is 325 g/mol. The van der Waals surface area contributed by atoms with E-state index in [-0.39, 0.29) is 29.8 Å². The van der Waals surface area contributed by atoms with Crippen molar-refractivity contribution in [1.29, 1.82) is 0 Å². The van der Waals surface area contributed by atoms with Crippen molar-refractivity contribution in [3.63, 3.8) is 0 Å². The first kappa shape index (κ1) is 17.3. The van der Waals surface area contributed by atoms with Gasteiger partial charge in [-0.2, -0.15) is 0 Å². The smallest absolute Gasteiger partial charge is 0.254 e. The third kappa shape index (κ3) is 3.93. The Morgan fingerprint density at radius 2 is 2.08 bits per heavy atom. The number of H-pyrrole nitrogens is 1. The predicted octanol–water partition coefficient (Wildman–Crippen LogP) is 1.67. The molecule has 1 atom stereocenters. The number of morpholine rings is 1. The lowest BCUT2D eigenvalue weighted by Crippen LogP contribution is -2.43. The number of carbonyl (C=O) groups is 1. The average Bonchev–Trinajstić information content (AvgIpc) is 2.58. The predicted molar refractivity (Wildman–Crippen MR) is 89.7 cm³/mol. The largest absolute Gasteiger partial charge is 0.370 e. The zero-order valence-corrected chi connectivity index (χ0v) is 14.2. The second kappa shape index (κ2) is 7.14. The van der Waals surface area contributed by atoms with Crippen LogP contribution in [-0.2, 0) is 16.0 Å². The molecule has 3 rings (SSSR count). The van der Waals surface area contributed by atoms with Crippen molar-refractivity contribution in [1.82, 2.24) is 14.9 Å². The van der Waals surface area contributed by atoms with Crippen molar-refractivity contribution in [2.45, 2.75) is 26.4 Å². The lowest BCUT2D eigenvalue weighted by Gasteiger charge is -2.33. The zero-order valence-electron chi connectivity index (χ0n) is 14.2. The van der Waals surface area contributed by atoms with Gasteiger partial charge in [-0.3, -0.25) is 9.59 Å². The minimum Gasteiger partial charge on any atom is -0.370 e. The Morgan fingerprint density at radius 1 is 1.36 bits per heavy atom. The van der Waals surface area contributed by atoms with E-state index in [4.69, 9.17) is 4.74 Å². The molecule has 0 bridgehead atoms. The van der Waals surface area contributed by atoms with E-state index < -0.39 is 0 Å². The van der Waals surface area contributed by atoms with Crippen LogP contribution in [-0.4, -0.2) is 40.5 Å². The number of carbonyl (C=O) groups excluding carboxylic acids is 1. The van der Waals surface area contributed by atoms with Gasteiger partial charge in [0.25, 0.3) is 5.56 Å². The first-order valence-corrected chi connectivity index (χ1v) is 8.15. The van der Waals surface area contributed by atoms with Crippen LogP contribution in [0.3, 0.4) is 0 Å². The van der Waals surface area contributed by atoms with Gasteiger partial charge in [0, 0.05) is 17.8 Å². The average molecular weight is 345 g/mol. The van der Waals surface area contributed by atoms with Crippen molar-refractivity contribution >= 4 is 5.91 Å². The summed E-state index contributed by atoms with van der Waals surface area (Å²) in [5.41, 5.74) is 1.50. The molecule has 1 saturated heterocycles. The van der Waals surface area contributed by atoms with Crippen LogP contribution >= 0.6 is 0 Å². The molecule has 1 aliphatic heterocycles. The van der Waals surface area contributed by atoms with Crippen molar-refractivity contribution in [3.8, 4) is 0 Å². The van der Waals surface area contributed by atoms with E-state index in [1.165, 1.54) is 12.1 Å². The summed E-state index contributed by atoms with van der Waals surface area (Å²) in [6.45, 7) is 4.67.